The number of carbonyl (C=O) groups excluding carboxylic acids is 1. The molecule has 0 aromatic carbocycles. The first-order chi connectivity index (χ1) is 7.61. The lowest BCUT2D eigenvalue weighted by Crippen LogP contribution is -2.44. The van der Waals surface area contributed by atoms with Gasteiger partial charge in [0, 0.05) is 0 Å². The summed E-state index contributed by atoms with van der Waals surface area (Å²) in [5.41, 5.74) is 0.380. The van der Waals surface area contributed by atoms with Crippen molar-refractivity contribution in [1.29, 1.82) is 0 Å². The van der Waals surface area contributed by atoms with Crippen LogP contribution in [0.4, 0.5) is 0 Å². The lowest BCUT2D eigenvalue weighted by molar-refractivity contribution is 0.0362. The van der Waals surface area contributed by atoms with E-state index in [1.54, 1.807) is 0 Å². The number of rotatable bonds is 3. The summed E-state index contributed by atoms with van der Waals surface area (Å²) in [5, 5.41) is 0. The highest BCUT2D eigenvalue weighted by atomic mass is 16.1. The Balaban J connectivity index is 2.23. The molecular formula is C14H23NO. The molecule has 0 aliphatic heterocycles. The highest BCUT2D eigenvalue weighted by Gasteiger charge is 2.47. The number of aliphatic imine (C=N–C) groups is 1. The first-order valence-electron chi connectivity index (χ1n) is 6.70. The van der Waals surface area contributed by atoms with Gasteiger partial charge in [-0.25, -0.2) is 4.79 Å². The van der Waals surface area contributed by atoms with Crippen molar-refractivity contribution >= 4 is 6.08 Å². The summed E-state index contributed by atoms with van der Waals surface area (Å²) in [5.74, 6) is 0.802. The standard InChI is InChI=1S/C14H23NO/c1-3-6-14(15-11-16)9-12-5-4-7-13(2,8-12)10-14/h12H,3-10H2,1-2H3. The molecule has 0 amide bonds. The van der Waals surface area contributed by atoms with E-state index in [1.807, 2.05) is 6.08 Å². The maximum atomic E-state index is 10.7. The summed E-state index contributed by atoms with van der Waals surface area (Å²) >= 11 is 0. The van der Waals surface area contributed by atoms with Crippen LogP contribution in [0.2, 0.25) is 0 Å². The second kappa shape index (κ2) is 4.33. The minimum Gasteiger partial charge on any atom is -0.211 e. The average Bonchev–Trinajstić information content (AvgIpc) is 2.15. The lowest BCUT2D eigenvalue weighted by atomic mass is 9.56. The molecule has 2 aliphatic carbocycles. The summed E-state index contributed by atoms with van der Waals surface area (Å²) in [6.45, 7) is 4.58. The van der Waals surface area contributed by atoms with Gasteiger partial charge >= 0.3 is 0 Å². The Morgan fingerprint density at radius 1 is 1.44 bits per heavy atom. The van der Waals surface area contributed by atoms with E-state index >= 15 is 0 Å². The van der Waals surface area contributed by atoms with E-state index < -0.39 is 0 Å². The molecule has 2 rings (SSSR count). The zero-order valence-electron chi connectivity index (χ0n) is 10.6. The molecule has 0 aromatic rings. The Morgan fingerprint density at radius 3 is 2.88 bits per heavy atom. The molecule has 0 spiro atoms. The maximum absolute atomic E-state index is 10.7. The molecule has 0 N–H and O–H groups in total. The Kier molecular flexibility index (Phi) is 3.21. The van der Waals surface area contributed by atoms with Gasteiger partial charge in [0.05, 0.1) is 5.54 Å². The Hall–Kier alpha value is -0.620. The van der Waals surface area contributed by atoms with Crippen LogP contribution in [0.25, 0.3) is 0 Å². The molecule has 16 heavy (non-hydrogen) atoms. The van der Waals surface area contributed by atoms with Crippen molar-refractivity contribution in [2.45, 2.75) is 70.8 Å². The minimum absolute atomic E-state index is 0.0609. The summed E-state index contributed by atoms with van der Waals surface area (Å²) in [7, 11) is 0. The third-order valence-corrected chi connectivity index (χ3v) is 4.60. The quantitative estimate of drug-likeness (QED) is 0.525. The van der Waals surface area contributed by atoms with Gasteiger partial charge in [-0.3, -0.25) is 0 Å². The van der Waals surface area contributed by atoms with Crippen LogP contribution in [0.1, 0.15) is 65.2 Å². The Labute approximate surface area is 98.5 Å². The zero-order chi connectivity index (χ0) is 11.6. The van der Waals surface area contributed by atoms with Gasteiger partial charge in [0.15, 0.2) is 0 Å². The van der Waals surface area contributed by atoms with Crippen LogP contribution < -0.4 is 0 Å². The zero-order valence-corrected chi connectivity index (χ0v) is 10.6. The highest BCUT2D eigenvalue weighted by Crippen LogP contribution is 2.54. The molecule has 0 aromatic heterocycles. The van der Waals surface area contributed by atoms with Crippen LogP contribution in [0.3, 0.4) is 0 Å². The summed E-state index contributed by atoms with van der Waals surface area (Å²) < 4.78 is 0. The van der Waals surface area contributed by atoms with Crippen molar-refractivity contribution < 1.29 is 4.79 Å². The largest absolute Gasteiger partial charge is 0.235 e. The van der Waals surface area contributed by atoms with Crippen molar-refractivity contribution in [2.75, 3.05) is 0 Å². The number of fused-ring (bicyclic) bond motifs is 2. The van der Waals surface area contributed by atoms with E-state index in [2.05, 4.69) is 18.8 Å². The molecule has 0 heterocycles. The highest BCUT2D eigenvalue weighted by molar-refractivity contribution is 5.35. The van der Waals surface area contributed by atoms with Gasteiger partial charge in [0.25, 0.3) is 0 Å². The Bertz CT molecular complexity index is 308. The topological polar surface area (TPSA) is 29.4 Å². The predicted octanol–water partition coefficient (Wildman–Crippen LogP) is 3.85. The van der Waals surface area contributed by atoms with Crippen molar-refractivity contribution in [1.82, 2.24) is 0 Å². The molecule has 0 saturated heterocycles. The second-order valence-electron chi connectivity index (χ2n) is 6.33. The molecule has 90 valence electrons. The molecule has 2 fully saturated rings. The normalized spacial score (nSPS) is 42.5. The maximum Gasteiger partial charge on any atom is 0.235 e. The van der Waals surface area contributed by atoms with E-state index in [4.69, 9.17) is 0 Å². The van der Waals surface area contributed by atoms with Gasteiger partial charge in [0.1, 0.15) is 0 Å². The number of hydrogen-bond acceptors (Lipinski definition) is 2. The fourth-order valence-corrected chi connectivity index (χ4v) is 4.35. The number of hydrogen-bond donors (Lipinski definition) is 0. The van der Waals surface area contributed by atoms with Gasteiger partial charge < -0.3 is 0 Å². The molecule has 3 unspecified atom stereocenters. The first kappa shape index (κ1) is 11.9. The number of isocyanates is 1. The van der Waals surface area contributed by atoms with Crippen LogP contribution in [0, 0.1) is 11.3 Å². The van der Waals surface area contributed by atoms with Crippen molar-refractivity contribution in [3.8, 4) is 0 Å². The van der Waals surface area contributed by atoms with Gasteiger partial charge in [-0.15, -0.1) is 0 Å². The van der Waals surface area contributed by atoms with Gasteiger partial charge in [-0.2, -0.15) is 4.99 Å². The van der Waals surface area contributed by atoms with E-state index in [0.717, 1.165) is 31.6 Å². The van der Waals surface area contributed by atoms with Crippen LogP contribution in [0.15, 0.2) is 4.99 Å². The van der Waals surface area contributed by atoms with Gasteiger partial charge in [-0.05, 0) is 43.4 Å². The molecule has 2 heteroatoms. The average molecular weight is 221 g/mol. The lowest BCUT2D eigenvalue weighted by Gasteiger charge is -2.50. The van der Waals surface area contributed by atoms with E-state index in [1.165, 1.54) is 25.7 Å². The minimum atomic E-state index is -0.0609. The SMILES string of the molecule is CCCC1(N=C=O)CC2CCCC(C)(C2)C1. The van der Waals surface area contributed by atoms with E-state index in [-0.39, 0.29) is 5.54 Å². The van der Waals surface area contributed by atoms with E-state index in [9.17, 15) is 4.79 Å². The van der Waals surface area contributed by atoms with Crippen molar-refractivity contribution in [3.05, 3.63) is 0 Å². The summed E-state index contributed by atoms with van der Waals surface area (Å²) in [4.78, 5) is 14.9. The van der Waals surface area contributed by atoms with Crippen LogP contribution in [-0.4, -0.2) is 11.6 Å². The predicted molar refractivity (Wildman–Crippen MR) is 65.1 cm³/mol. The molecule has 2 bridgehead atoms. The fraction of sp³-hybridized carbons (Fsp3) is 0.929. The third kappa shape index (κ3) is 2.22. The molecular weight excluding hydrogens is 198 g/mol. The summed E-state index contributed by atoms with van der Waals surface area (Å²) in [6.07, 6.45) is 11.7. The van der Waals surface area contributed by atoms with Gasteiger partial charge in [-0.1, -0.05) is 33.1 Å². The van der Waals surface area contributed by atoms with Crippen LogP contribution >= 0.6 is 0 Å². The molecule has 0 radical (unpaired) electrons. The second-order valence-corrected chi connectivity index (χ2v) is 6.33. The molecule has 2 saturated carbocycles. The smallest absolute Gasteiger partial charge is 0.211 e. The molecule has 2 aliphatic rings. The summed E-state index contributed by atoms with van der Waals surface area (Å²) in [6, 6.07) is 0. The van der Waals surface area contributed by atoms with E-state index in [0.29, 0.717) is 5.41 Å². The molecule has 3 atom stereocenters. The Morgan fingerprint density at radius 2 is 2.25 bits per heavy atom. The number of nitrogens with zero attached hydrogens (tertiary/aromatic N) is 1. The monoisotopic (exact) mass is 221 g/mol. The van der Waals surface area contributed by atoms with Crippen molar-refractivity contribution in [3.63, 3.8) is 0 Å². The third-order valence-electron chi connectivity index (χ3n) is 4.60. The first-order valence-corrected chi connectivity index (χ1v) is 6.70. The fourth-order valence-electron chi connectivity index (χ4n) is 4.35. The molecule has 2 nitrogen and oxygen atoms in total. The van der Waals surface area contributed by atoms with Crippen LogP contribution in [0.5, 0.6) is 0 Å². The van der Waals surface area contributed by atoms with Gasteiger partial charge in [0.2, 0.25) is 6.08 Å². The van der Waals surface area contributed by atoms with Crippen LogP contribution in [-0.2, 0) is 4.79 Å². The van der Waals surface area contributed by atoms with Crippen molar-refractivity contribution in [2.24, 2.45) is 16.3 Å².